The topological polar surface area (TPSA) is 105 Å². The fourth-order valence-electron chi connectivity index (χ4n) is 5.44. The van der Waals surface area contributed by atoms with Crippen LogP contribution in [0, 0.1) is 5.92 Å². The molecule has 0 aliphatic heterocycles. The first-order valence-electron chi connectivity index (χ1n) is 12.6. The van der Waals surface area contributed by atoms with Crippen LogP contribution < -0.4 is 10.6 Å². The summed E-state index contributed by atoms with van der Waals surface area (Å²) in [7, 11) is 0. The summed E-state index contributed by atoms with van der Waals surface area (Å²) in [5.74, 6) is -1.66. The van der Waals surface area contributed by atoms with Gasteiger partial charge in [-0.25, -0.2) is 9.59 Å². The molecule has 2 aliphatic rings. The zero-order valence-corrected chi connectivity index (χ0v) is 20.2. The molecule has 2 unspecified atom stereocenters. The van der Waals surface area contributed by atoms with Crippen molar-refractivity contribution in [3.8, 4) is 11.1 Å². The van der Waals surface area contributed by atoms with E-state index in [9.17, 15) is 19.5 Å². The van der Waals surface area contributed by atoms with E-state index in [1.54, 1.807) is 0 Å². The second kappa shape index (κ2) is 11.4. The number of carboxylic acid groups (broad SMARTS) is 1. The standard InChI is InChI=1S/C28H34N2O5/c1-2-10-24(26(31)30-25(27(32)33)18-11-4-3-5-12-18)29-28(34)35-17-23-21-15-8-6-13-19(21)20-14-7-9-16-22(20)23/h6-9,13-16,18,23-25H,2-5,10-12,17H2,1H3,(H,29,34)(H,30,31)(H,32,33). The molecule has 2 aromatic carbocycles. The number of hydrogen-bond donors (Lipinski definition) is 3. The summed E-state index contributed by atoms with van der Waals surface area (Å²) in [5.41, 5.74) is 4.51. The quantitative estimate of drug-likeness (QED) is 0.478. The molecule has 7 nitrogen and oxygen atoms in total. The van der Waals surface area contributed by atoms with Gasteiger partial charge in [-0.3, -0.25) is 4.79 Å². The van der Waals surface area contributed by atoms with Crippen molar-refractivity contribution < 1.29 is 24.2 Å². The lowest BCUT2D eigenvalue weighted by atomic mass is 9.83. The molecule has 186 valence electrons. The number of fused-ring (bicyclic) bond motifs is 3. The van der Waals surface area contributed by atoms with E-state index in [2.05, 4.69) is 22.8 Å². The zero-order chi connectivity index (χ0) is 24.8. The molecule has 2 atom stereocenters. The maximum absolute atomic E-state index is 13.0. The van der Waals surface area contributed by atoms with Crippen molar-refractivity contribution in [3.63, 3.8) is 0 Å². The van der Waals surface area contributed by atoms with Crippen molar-refractivity contribution in [1.29, 1.82) is 0 Å². The number of aliphatic carboxylic acids is 1. The molecular weight excluding hydrogens is 444 g/mol. The van der Waals surface area contributed by atoms with E-state index in [1.807, 2.05) is 43.3 Å². The lowest BCUT2D eigenvalue weighted by molar-refractivity contribution is -0.144. The Morgan fingerprint density at radius 1 is 0.943 bits per heavy atom. The van der Waals surface area contributed by atoms with Crippen LogP contribution in [-0.2, 0) is 14.3 Å². The first-order valence-corrected chi connectivity index (χ1v) is 12.6. The molecule has 0 spiro atoms. The van der Waals surface area contributed by atoms with Crippen LogP contribution in [0.3, 0.4) is 0 Å². The number of benzene rings is 2. The summed E-state index contributed by atoms with van der Waals surface area (Å²) < 4.78 is 5.59. The molecule has 0 aromatic heterocycles. The Morgan fingerprint density at radius 2 is 1.54 bits per heavy atom. The van der Waals surface area contributed by atoms with Crippen LogP contribution in [0.4, 0.5) is 4.79 Å². The van der Waals surface area contributed by atoms with Crippen LogP contribution in [0.25, 0.3) is 11.1 Å². The fraction of sp³-hybridized carbons (Fsp3) is 0.464. The number of hydrogen-bond acceptors (Lipinski definition) is 4. The number of nitrogens with one attached hydrogen (secondary N) is 2. The van der Waals surface area contributed by atoms with E-state index >= 15 is 0 Å². The Bertz CT molecular complexity index is 1020. The van der Waals surface area contributed by atoms with Crippen molar-refractivity contribution in [2.24, 2.45) is 5.92 Å². The number of alkyl carbamates (subject to hydrolysis) is 1. The maximum atomic E-state index is 13.0. The number of carboxylic acids is 1. The van der Waals surface area contributed by atoms with Gasteiger partial charge in [-0.15, -0.1) is 0 Å². The van der Waals surface area contributed by atoms with Crippen LogP contribution in [0.5, 0.6) is 0 Å². The minimum atomic E-state index is -1.03. The van der Waals surface area contributed by atoms with Crippen LogP contribution in [-0.4, -0.2) is 41.8 Å². The van der Waals surface area contributed by atoms with E-state index < -0.39 is 30.1 Å². The summed E-state index contributed by atoms with van der Waals surface area (Å²) in [5, 5.41) is 15.1. The lowest BCUT2D eigenvalue weighted by Gasteiger charge is -2.29. The third-order valence-corrected chi connectivity index (χ3v) is 7.21. The average Bonchev–Trinajstić information content (AvgIpc) is 3.19. The number of carbonyl (C=O) groups excluding carboxylic acids is 2. The highest BCUT2D eigenvalue weighted by Crippen LogP contribution is 2.44. The van der Waals surface area contributed by atoms with E-state index in [1.165, 1.54) is 0 Å². The van der Waals surface area contributed by atoms with E-state index in [-0.39, 0.29) is 18.4 Å². The number of carbonyl (C=O) groups is 3. The highest BCUT2D eigenvalue weighted by molar-refractivity contribution is 5.89. The first kappa shape index (κ1) is 24.8. The third kappa shape index (κ3) is 5.66. The predicted octanol–water partition coefficient (Wildman–Crippen LogP) is 4.84. The molecule has 0 bridgehead atoms. The van der Waals surface area contributed by atoms with Gasteiger partial charge in [0.2, 0.25) is 5.91 Å². The largest absolute Gasteiger partial charge is 0.480 e. The smallest absolute Gasteiger partial charge is 0.407 e. The highest BCUT2D eigenvalue weighted by Gasteiger charge is 2.34. The van der Waals surface area contributed by atoms with Gasteiger partial charge < -0.3 is 20.5 Å². The van der Waals surface area contributed by atoms with Crippen molar-refractivity contribution in [2.45, 2.75) is 69.9 Å². The summed E-state index contributed by atoms with van der Waals surface area (Å²) in [6.45, 7) is 2.07. The molecule has 1 fully saturated rings. The summed E-state index contributed by atoms with van der Waals surface area (Å²) in [6.07, 6.45) is 4.99. The third-order valence-electron chi connectivity index (χ3n) is 7.21. The predicted molar refractivity (Wildman–Crippen MR) is 133 cm³/mol. The van der Waals surface area contributed by atoms with Gasteiger partial charge in [-0.1, -0.05) is 81.1 Å². The van der Waals surface area contributed by atoms with Crippen molar-refractivity contribution >= 4 is 18.0 Å². The molecule has 7 heteroatoms. The van der Waals surface area contributed by atoms with Crippen LogP contribution >= 0.6 is 0 Å². The van der Waals surface area contributed by atoms with Gasteiger partial charge >= 0.3 is 12.1 Å². The molecule has 3 N–H and O–H groups in total. The monoisotopic (exact) mass is 478 g/mol. The molecule has 0 heterocycles. The Morgan fingerprint density at radius 3 is 2.11 bits per heavy atom. The molecule has 2 aromatic rings. The molecule has 0 radical (unpaired) electrons. The number of ether oxygens (including phenoxy) is 1. The molecule has 4 rings (SSSR count). The van der Waals surface area contributed by atoms with E-state index in [0.29, 0.717) is 12.8 Å². The summed E-state index contributed by atoms with van der Waals surface area (Å²) in [4.78, 5) is 37.5. The van der Waals surface area contributed by atoms with E-state index in [0.717, 1.165) is 54.4 Å². The minimum Gasteiger partial charge on any atom is -0.480 e. The second-order valence-electron chi connectivity index (χ2n) is 9.53. The van der Waals surface area contributed by atoms with Crippen molar-refractivity contribution in [1.82, 2.24) is 10.6 Å². The molecule has 2 amide bonds. The Labute approximate surface area is 206 Å². The van der Waals surface area contributed by atoms with Crippen LogP contribution in [0.1, 0.15) is 68.9 Å². The van der Waals surface area contributed by atoms with Gasteiger partial charge in [-0.05, 0) is 47.4 Å². The highest BCUT2D eigenvalue weighted by atomic mass is 16.5. The van der Waals surface area contributed by atoms with Gasteiger partial charge in [0, 0.05) is 5.92 Å². The Kier molecular flexibility index (Phi) is 8.06. The fourth-order valence-corrected chi connectivity index (χ4v) is 5.44. The maximum Gasteiger partial charge on any atom is 0.407 e. The van der Waals surface area contributed by atoms with Gasteiger partial charge in [0.15, 0.2) is 0 Å². The van der Waals surface area contributed by atoms with Gasteiger partial charge in [0.1, 0.15) is 18.7 Å². The Balaban J connectivity index is 1.38. The van der Waals surface area contributed by atoms with Crippen LogP contribution in [0.2, 0.25) is 0 Å². The van der Waals surface area contributed by atoms with Crippen molar-refractivity contribution in [2.75, 3.05) is 6.61 Å². The summed E-state index contributed by atoms with van der Waals surface area (Å²) >= 11 is 0. The average molecular weight is 479 g/mol. The Hall–Kier alpha value is -3.35. The van der Waals surface area contributed by atoms with Gasteiger partial charge in [0.05, 0.1) is 0 Å². The molecular formula is C28H34N2O5. The molecule has 2 aliphatic carbocycles. The minimum absolute atomic E-state index is 0.0747. The van der Waals surface area contributed by atoms with Crippen molar-refractivity contribution in [3.05, 3.63) is 59.7 Å². The lowest BCUT2D eigenvalue weighted by Crippen LogP contribution is -2.54. The number of amides is 2. The second-order valence-corrected chi connectivity index (χ2v) is 9.53. The normalized spacial score (nSPS) is 17.1. The van der Waals surface area contributed by atoms with E-state index in [4.69, 9.17) is 4.74 Å². The SMILES string of the molecule is CCCC(NC(=O)OCC1c2ccccc2-c2ccccc21)C(=O)NC(C(=O)O)C1CCCCC1. The van der Waals surface area contributed by atoms with Gasteiger partial charge in [0.25, 0.3) is 0 Å². The van der Waals surface area contributed by atoms with Crippen LogP contribution in [0.15, 0.2) is 48.5 Å². The zero-order valence-electron chi connectivity index (χ0n) is 20.2. The molecule has 35 heavy (non-hydrogen) atoms. The summed E-state index contributed by atoms with van der Waals surface area (Å²) in [6, 6.07) is 14.4. The molecule has 0 saturated heterocycles. The number of rotatable bonds is 9. The first-order chi connectivity index (χ1) is 17.0. The van der Waals surface area contributed by atoms with Gasteiger partial charge in [-0.2, -0.15) is 0 Å². The molecule has 1 saturated carbocycles.